The number of thiazole rings is 1. The number of aryl methyl sites for hydroxylation is 1. The molecule has 2 aromatic heterocycles. The maximum Gasteiger partial charge on any atom is 0.273 e. The highest BCUT2D eigenvalue weighted by atomic mass is 32.1. The molecule has 5 nitrogen and oxygen atoms in total. The maximum absolute atomic E-state index is 12.8. The quantitative estimate of drug-likeness (QED) is 0.913. The van der Waals surface area contributed by atoms with Gasteiger partial charge in [0.25, 0.3) is 5.91 Å². The normalized spacial score (nSPS) is 16.0. The smallest absolute Gasteiger partial charge is 0.273 e. The second-order valence-electron chi connectivity index (χ2n) is 6.03. The molecule has 0 radical (unpaired) electrons. The third-order valence-electron chi connectivity index (χ3n) is 4.44. The number of amides is 1. The molecule has 1 amide bonds. The highest BCUT2D eigenvalue weighted by molar-refractivity contribution is 7.15. The second-order valence-corrected chi connectivity index (χ2v) is 7.23. The molecule has 0 bridgehead atoms. The molecular weight excluding hydrogens is 310 g/mol. The van der Waals surface area contributed by atoms with Crippen molar-refractivity contribution in [3.8, 4) is 10.8 Å². The third-order valence-corrected chi connectivity index (χ3v) is 5.42. The number of piperidine rings is 1. The van der Waals surface area contributed by atoms with Crippen LogP contribution in [0.1, 0.15) is 34.6 Å². The summed E-state index contributed by atoms with van der Waals surface area (Å²) >= 11 is 1.52. The number of likely N-dealkylation sites (tertiary alicyclic amines) is 1. The monoisotopic (exact) mass is 333 g/mol. The standard InChI is InChI=1S/C17H23N3O2S/c1-12-15(19-16(23-12)14-4-3-11-22-14)17(21)20-9-6-13(7-10-20)5-8-18-2/h3-4,11,13,18H,5-10H2,1-2H3. The number of hydrogen-bond acceptors (Lipinski definition) is 5. The van der Waals surface area contributed by atoms with Gasteiger partial charge in [0.05, 0.1) is 6.26 Å². The Hall–Kier alpha value is -1.66. The van der Waals surface area contributed by atoms with Gasteiger partial charge in [-0.3, -0.25) is 4.79 Å². The highest BCUT2D eigenvalue weighted by Gasteiger charge is 2.26. The summed E-state index contributed by atoms with van der Waals surface area (Å²) in [7, 11) is 1.99. The van der Waals surface area contributed by atoms with Crippen LogP contribution in [0.4, 0.5) is 0 Å². The number of furan rings is 1. The fourth-order valence-corrected chi connectivity index (χ4v) is 3.90. The first-order chi connectivity index (χ1) is 11.2. The zero-order valence-corrected chi connectivity index (χ0v) is 14.5. The van der Waals surface area contributed by atoms with Crippen LogP contribution in [0.5, 0.6) is 0 Å². The Morgan fingerprint density at radius 3 is 2.91 bits per heavy atom. The molecule has 0 aliphatic carbocycles. The van der Waals surface area contributed by atoms with Crippen molar-refractivity contribution in [1.82, 2.24) is 15.2 Å². The topological polar surface area (TPSA) is 58.4 Å². The number of nitrogens with one attached hydrogen (secondary N) is 1. The molecule has 1 fully saturated rings. The summed E-state index contributed by atoms with van der Waals surface area (Å²) in [4.78, 5) is 20.2. The van der Waals surface area contributed by atoms with E-state index in [1.54, 1.807) is 6.26 Å². The summed E-state index contributed by atoms with van der Waals surface area (Å²) in [5.41, 5.74) is 0.579. The van der Waals surface area contributed by atoms with Crippen LogP contribution in [0.15, 0.2) is 22.8 Å². The largest absolute Gasteiger partial charge is 0.462 e. The van der Waals surface area contributed by atoms with Crippen molar-refractivity contribution in [2.45, 2.75) is 26.2 Å². The van der Waals surface area contributed by atoms with E-state index in [1.807, 2.05) is 31.0 Å². The van der Waals surface area contributed by atoms with Gasteiger partial charge in [-0.15, -0.1) is 11.3 Å². The van der Waals surface area contributed by atoms with Crippen LogP contribution in [0.3, 0.4) is 0 Å². The van der Waals surface area contributed by atoms with E-state index < -0.39 is 0 Å². The SMILES string of the molecule is CNCCC1CCN(C(=O)c2nc(-c3ccco3)sc2C)CC1. The van der Waals surface area contributed by atoms with Crippen molar-refractivity contribution >= 4 is 17.2 Å². The van der Waals surface area contributed by atoms with Crippen LogP contribution in [0.25, 0.3) is 10.8 Å². The summed E-state index contributed by atoms with van der Waals surface area (Å²) in [6, 6.07) is 3.71. The van der Waals surface area contributed by atoms with Crippen LogP contribution in [-0.4, -0.2) is 42.5 Å². The molecule has 3 rings (SSSR count). The lowest BCUT2D eigenvalue weighted by Gasteiger charge is -2.31. The number of aromatic nitrogens is 1. The summed E-state index contributed by atoms with van der Waals surface area (Å²) in [6.45, 7) is 4.67. The van der Waals surface area contributed by atoms with Crippen LogP contribution < -0.4 is 5.32 Å². The van der Waals surface area contributed by atoms with Gasteiger partial charge in [0, 0.05) is 18.0 Å². The molecule has 2 aromatic rings. The molecule has 1 aliphatic rings. The highest BCUT2D eigenvalue weighted by Crippen LogP contribution is 2.29. The molecular formula is C17H23N3O2S. The molecule has 124 valence electrons. The molecule has 23 heavy (non-hydrogen) atoms. The van der Waals surface area contributed by atoms with Crippen molar-refractivity contribution in [3.05, 3.63) is 29.0 Å². The molecule has 3 heterocycles. The van der Waals surface area contributed by atoms with Crippen LogP contribution in [0, 0.1) is 12.8 Å². The van der Waals surface area contributed by atoms with Crippen molar-refractivity contribution in [3.63, 3.8) is 0 Å². The van der Waals surface area contributed by atoms with E-state index in [9.17, 15) is 4.79 Å². The minimum Gasteiger partial charge on any atom is -0.462 e. The Balaban J connectivity index is 1.65. The number of hydrogen-bond donors (Lipinski definition) is 1. The van der Waals surface area contributed by atoms with Crippen LogP contribution in [-0.2, 0) is 0 Å². The van der Waals surface area contributed by atoms with E-state index in [4.69, 9.17) is 4.42 Å². The lowest BCUT2D eigenvalue weighted by molar-refractivity contribution is 0.0681. The van der Waals surface area contributed by atoms with Gasteiger partial charge in [-0.25, -0.2) is 4.98 Å². The summed E-state index contributed by atoms with van der Waals surface area (Å²) in [5.74, 6) is 1.51. The minimum absolute atomic E-state index is 0.0589. The van der Waals surface area contributed by atoms with E-state index in [-0.39, 0.29) is 5.91 Å². The lowest BCUT2D eigenvalue weighted by atomic mass is 9.93. The van der Waals surface area contributed by atoms with Gasteiger partial charge in [-0.1, -0.05) is 0 Å². The van der Waals surface area contributed by atoms with Gasteiger partial charge in [0.2, 0.25) is 0 Å². The van der Waals surface area contributed by atoms with Gasteiger partial charge in [0.1, 0.15) is 5.69 Å². The first kappa shape index (κ1) is 16.2. The zero-order chi connectivity index (χ0) is 16.2. The Bertz CT molecular complexity index is 643. The Kier molecular flexibility index (Phi) is 5.13. The molecule has 0 saturated carbocycles. The third kappa shape index (κ3) is 3.64. The van der Waals surface area contributed by atoms with Gasteiger partial charge in [-0.2, -0.15) is 0 Å². The van der Waals surface area contributed by atoms with E-state index in [0.29, 0.717) is 5.69 Å². The molecule has 0 atom stereocenters. The van der Waals surface area contributed by atoms with Gasteiger partial charge >= 0.3 is 0 Å². The van der Waals surface area contributed by atoms with Crippen LogP contribution in [0.2, 0.25) is 0 Å². The predicted molar refractivity (Wildman–Crippen MR) is 91.7 cm³/mol. The Morgan fingerprint density at radius 1 is 1.48 bits per heavy atom. The second kappa shape index (κ2) is 7.27. The summed E-state index contributed by atoms with van der Waals surface area (Å²) < 4.78 is 5.38. The van der Waals surface area contributed by atoms with E-state index >= 15 is 0 Å². The van der Waals surface area contributed by atoms with Gasteiger partial charge in [-0.05, 0) is 57.8 Å². The van der Waals surface area contributed by atoms with Crippen molar-refractivity contribution in [2.24, 2.45) is 5.92 Å². The molecule has 0 unspecified atom stereocenters. The average molecular weight is 333 g/mol. The van der Waals surface area contributed by atoms with Crippen LogP contribution >= 0.6 is 11.3 Å². The average Bonchev–Trinajstić information content (AvgIpc) is 3.22. The molecule has 0 aromatic carbocycles. The van der Waals surface area contributed by atoms with Gasteiger partial charge in [0.15, 0.2) is 10.8 Å². The Morgan fingerprint density at radius 2 is 2.26 bits per heavy atom. The first-order valence-electron chi connectivity index (χ1n) is 8.14. The number of carbonyl (C=O) groups is 1. The van der Waals surface area contributed by atoms with E-state index in [1.165, 1.54) is 17.8 Å². The molecule has 1 saturated heterocycles. The molecule has 0 spiro atoms. The summed E-state index contributed by atoms with van der Waals surface area (Å²) in [5, 5.41) is 3.98. The van der Waals surface area contributed by atoms with E-state index in [2.05, 4.69) is 10.3 Å². The molecule has 6 heteroatoms. The number of carbonyl (C=O) groups excluding carboxylic acids is 1. The van der Waals surface area contributed by atoms with E-state index in [0.717, 1.165) is 54.0 Å². The number of rotatable bonds is 5. The maximum atomic E-state index is 12.8. The predicted octanol–water partition coefficient (Wildman–Crippen LogP) is 3.17. The van der Waals surface area contributed by atoms with Crippen molar-refractivity contribution in [2.75, 3.05) is 26.7 Å². The summed E-state index contributed by atoms with van der Waals surface area (Å²) in [6.07, 6.45) is 4.99. The van der Waals surface area contributed by atoms with Gasteiger partial charge < -0.3 is 14.6 Å². The fourth-order valence-electron chi connectivity index (χ4n) is 3.02. The van der Waals surface area contributed by atoms with Crippen molar-refractivity contribution < 1.29 is 9.21 Å². The first-order valence-corrected chi connectivity index (χ1v) is 8.96. The minimum atomic E-state index is 0.0589. The fraction of sp³-hybridized carbons (Fsp3) is 0.529. The zero-order valence-electron chi connectivity index (χ0n) is 13.7. The number of nitrogens with zero attached hydrogens (tertiary/aromatic N) is 2. The molecule has 1 aliphatic heterocycles. The molecule has 1 N–H and O–H groups in total. The Labute approximate surface area is 140 Å². The van der Waals surface area contributed by atoms with Crippen molar-refractivity contribution in [1.29, 1.82) is 0 Å². The lowest BCUT2D eigenvalue weighted by Crippen LogP contribution is -2.39.